The minimum Gasteiger partial charge on any atom is -0.463 e. The number of esters is 10. The van der Waals surface area contributed by atoms with Crippen LogP contribution in [-0.4, -0.2) is 116 Å². The van der Waals surface area contributed by atoms with Gasteiger partial charge in [-0.05, 0) is 315 Å². The van der Waals surface area contributed by atoms with Crippen LogP contribution < -0.4 is 0 Å². The summed E-state index contributed by atoms with van der Waals surface area (Å²) in [6, 6.07) is 0. The van der Waals surface area contributed by atoms with Gasteiger partial charge in [0.1, 0.15) is 16.8 Å². The highest BCUT2D eigenvalue weighted by Gasteiger charge is 2.63. The van der Waals surface area contributed by atoms with E-state index in [2.05, 4.69) is 71.8 Å². The first-order valence-corrected chi connectivity index (χ1v) is 46.3. The molecular weight excluding hydrogens is 1470 g/mol. The van der Waals surface area contributed by atoms with Gasteiger partial charge in [-0.1, -0.05) is 118 Å². The fourth-order valence-corrected chi connectivity index (χ4v) is 24.9. The predicted molar refractivity (Wildman–Crippen MR) is 441 cm³/mol. The molecule has 0 amide bonds. The van der Waals surface area contributed by atoms with Gasteiger partial charge in [-0.25, -0.2) is 9.59 Å². The quantitative estimate of drug-likeness (QED) is 0.0777. The maximum absolute atomic E-state index is 12.3. The summed E-state index contributed by atoms with van der Waals surface area (Å²) < 4.78 is 41.5. The highest BCUT2D eigenvalue weighted by atomic mass is 16.6. The van der Waals surface area contributed by atoms with Crippen LogP contribution in [0.3, 0.4) is 0 Å². The van der Waals surface area contributed by atoms with Gasteiger partial charge in [0, 0.05) is 18.3 Å². The topological polar surface area (TPSA) is 285 Å². The SMILES string of the molecule is CC1C(=O)OC(=O)C1C.CC1C(=O)OC(=O)C1C.CC1C2CC(C1C)C(C(C)(C)O)C2.CC1C2CCC(C2)C1C.CCC(C)C(=O)OC(C)(C)C(=O)OC1CCOC1=O.CCC(C)C(=O)OC(C)(C)C12CC3CC(CC(C3)C1)C2.CCC(C)C(=O)OC1(CC)C2CC3CC(C2)CC1C3.CCC(C)C(=O)OC12CC3CC(CC(O)(C3)C1)C2. The lowest BCUT2D eigenvalue weighted by Gasteiger charge is -2.61. The lowest BCUT2D eigenvalue weighted by Crippen LogP contribution is -2.60. The number of fused-ring (bicyclic) bond motifs is 4. The van der Waals surface area contributed by atoms with Crippen LogP contribution in [0.25, 0.3) is 0 Å². The smallest absolute Gasteiger partial charge is 0.350 e. The first-order chi connectivity index (χ1) is 54.1. The summed E-state index contributed by atoms with van der Waals surface area (Å²) in [5, 5.41) is 20.6. The van der Waals surface area contributed by atoms with Gasteiger partial charge >= 0.3 is 59.7 Å². The van der Waals surface area contributed by atoms with Crippen LogP contribution in [0, 0.1) is 159 Å². The van der Waals surface area contributed by atoms with Crippen molar-refractivity contribution in [3.8, 4) is 0 Å². The third-order valence-corrected chi connectivity index (χ3v) is 33.4. The summed E-state index contributed by atoms with van der Waals surface area (Å²) in [5.74, 6) is 10.7. The van der Waals surface area contributed by atoms with Crippen LogP contribution in [-0.2, 0) is 85.8 Å². The molecule has 3 heterocycles. The molecule has 0 aromatic carbocycles. The zero-order valence-electron chi connectivity index (χ0n) is 75.8. The van der Waals surface area contributed by atoms with Gasteiger partial charge < -0.3 is 48.1 Å². The van der Waals surface area contributed by atoms with E-state index in [1.54, 1.807) is 41.0 Å². The van der Waals surface area contributed by atoms with E-state index in [0.29, 0.717) is 48.9 Å². The highest BCUT2D eigenvalue weighted by molar-refractivity contribution is 5.96. The molecule has 19 fully saturated rings. The van der Waals surface area contributed by atoms with Gasteiger partial charge in [0.15, 0.2) is 0 Å². The van der Waals surface area contributed by atoms with Gasteiger partial charge in [-0.2, -0.15) is 0 Å². The summed E-state index contributed by atoms with van der Waals surface area (Å²) in [7, 11) is 0. The average Bonchev–Trinajstić information content (AvgIpc) is 1.01. The maximum atomic E-state index is 12.3. The summed E-state index contributed by atoms with van der Waals surface area (Å²) >= 11 is 0. The third-order valence-electron chi connectivity index (χ3n) is 33.4. The molecule has 3 aliphatic heterocycles. The fraction of sp³-hybridized carbons (Fsp3) is 0.896. The van der Waals surface area contributed by atoms with Crippen LogP contribution in [0.2, 0.25) is 0 Å². The van der Waals surface area contributed by atoms with Crippen molar-refractivity contribution >= 4 is 59.7 Å². The second-order valence-corrected chi connectivity index (χ2v) is 42.5. The van der Waals surface area contributed by atoms with E-state index in [1.807, 2.05) is 48.5 Å². The molecule has 19 rings (SSSR count). The molecule has 2 N–H and O–H groups in total. The Bertz CT molecular complexity index is 3260. The molecular formula is C96H156O20. The second-order valence-electron chi connectivity index (χ2n) is 42.5. The molecule has 20 unspecified atom stereocenters. The monoisotopic (exact) mass is 1630 g/mol. The predicted octanol–water partition coefficient (Wildman–Crippen LogP) is 18.7. The largest absolute Gasteiger partial charge is 0.463 e. The van der Waals surface area contributed by atoms with Crippen LogP contribution >= 0.6 is 0 Å². The Morgan fingerprint density at radius 3 is 1.19 bits per heavy atom. The van der Waals surface area contributed by atoms with Crippen molar-refractivity contribution in [2.75, 3.05) is 6.61 Å². The molecule has 0 spiro atoms. The number of rotatable bonds is 17. The molecule has 116 heavy (non-hydrogen) atoms. The Hall–Kier alpha value is -4.98. The van der Waals surface area contributed by atoms with Crippen molar-refractivity contribution in [1.82, 2.24) is 0 Å². The molecule has 20 atom stereocenters. The van der Waals surface area contributed by atoms with Crippen LogP contribution in [0.1, 0.15) is 339 Å². The maximum Gasteiger partial charge on any atom is 0.350 e. The molecule has 0 aromatic rings. The average molecular weight is 1630 g/mol. The number of cyclic esters (lactones) is 5. The van der Waals surface area contributed by atoms with E-state index in [1.165, 1.54) is 117 Å². The Morgan fingerprint density at radius 1 is 0.448 bits per heavy atom. The first-order valence-electron chi connectivity index (χ1n) is 46.3. The summed E-state index contributed by atoms with van der Waals surface area (Å²) in [6.45, 7) is 45.7. The van der Waals surface area contributed by atoms with Gasteiger partial charge in [-0.15, -0.1) is 0 Å². The third kappa shape index (κ3) is 21.5. The number of aliphatic hydroxyl groups is 2. The molecule has 0 radical (unpaired) electrons. The lowest BCUT2D eigenvalue weighted by atomic mass is 9.46. The van der Waals surface area contributed by atoms with Gasteiger partial charge in [0.05, 0.1) is 65.2 Å². The van der Waals surface area contributed by atoms with Crippen molar-refractivity contribution in [1.29, 1.82) is 0 Å². The van der Waals surface area contributed by atoms with E-state index in [-0.39, 0.29) is 94.1 Å². The molecule has 16 bridgehead atoms. The Morgan fingerprint density at radius 2 is 0.845 bits per heavy atom. The summed E-state index contributed by atoms with van der Waals surface area (Å²) in [5.41, 5.74) is -2.86. The second kappa shape index (κ2) is 38.2. The molecule has 0 aromatic heterocycles. The van der Waals surface area contributed by atoms with Crippen molar-refractivity contribution < 1.29 is 96.1 Å². The number of carbonyl (C=O) groups excluding carboxylic acids is 10. The van der Waals surface area contributed by atoms with Crippen LogP contribution in [0.15, 0.2) is 0 Å². The van der Waals surface area contributed by atoms with Crippen molar-refractivity contribution in [3.05, 3.63) is 0 Å². The lowest BCUT2D eigenvalue weighted by molar-refractivity contribution is -0.222. The van der Waals surface area contributed by atoms with Crippen molar-refractivity contribution in [2.24, 2.45) is 159 Å². The minimum atomic E-state index is -1.41. The highest BCUT2D eigenvalue weighted by Crippen LogP contribution is 2.66. The molecule has 20 nitrogen and oxygen atoms in total. The summed E-state index contributed by atoms with van der Waals surface area (Å²) in [6.07, 6.45) is 31.5. The van der Waals surface area contributed by atoms with Gasteiger partial charge in [0.25, 0.3) is 0 Å². The van der Waals surface area contributed by atoms with Gasteiger partial charge in [0.2, 0.25) is 11.7 Å². The fourth-order valence-electron chi connectivity index (χ4n) is 24.9. The van der Waals surface area contributed by atoms with E-state index < -0.39 is 64.7 Å². The number of hydrogen-bond donors (Lipinski definition) is 2. The molecule has 3 saturated heterocycles. The van der Waals surface area contributed by atoms with E-state index in [0.717, 1.165) is 128 Å². The Kier molecular flexibility index (Phi) is 31.2. The van der Waals surface area contributed by atoms with Gasteiger partial charge in [-0.3, -0.25) is 38.4 Å². The normalized spacial score (nSPS) is 40.5. The van der Waals surface area contributed by atoms with E-state index in [9.17, 15) is 58.2 Å². The number of ether oxygens (including phenoxy) is 8. The summed E-state index contributed by atoms with van der Waals surface area (Å²) in [4.78, 5) is 114. The number of carbonyl (C=O) groups is 10. The van der Waals surface area contributed by atoms with Crippen LogP contribution in [0.5, 0.6) is 0 Å². The van der Waals surface area contributed by atoms with E-state index >= 15 is 0 Å². The number of hydrogen-bond acceptors (Lipinski definition) is 20. The first kappa shape index (κ1) is 94.9. The van der Waals surface area contributed by atoms with Crippen LogP contribution in [0.4, 0.5) is 0 Å². The van der Waals surface area contributed by atoms with E-state index in [4.69, 9.17) is 28.4 Å². The Balaban J connectivity index is 0.000000154. The molecule has 20 heteroatoms. The minimum absolute atomic E-state index is 0.00763. The van der Waals surface area contributed by atoms with Crippen molar-refractivity contribution in [2.45, 2.75) is 379 Å². The standard InChI is InChI=1S/C18H30O2.C17H28O2.C15H24O3.C13H20O6.C12H22O.C9H16.2C6H8O3/c1-5-12(2)16(19)20-17(3,4)18-9-13-6-14(10-18)8-15(7-13)11-18;1-4-11(3)16(18)19-17(5-2)14-7-12-6-13(9-14)10-15(17)8-12;1-3-10(2)13(16)18-15-7-11-4-12(8-15)6-14(17,5-11)9-15;1-5-8(2)10(14)19-13(3,4)12(16)18-9-6-7-17-11(9)15;1-7-8(2)10-5-9(7)6-11(10)12(3,4)13;1-6-7(2)9-4-3-8(6)5-9;2*1-3-4(2)6(8)9-5(3)7/h12-15H,5-11H2,1-4H3;11-15H,4-10H2,1-3H3;10-12,17H,3-9H2,1-2H3;8-9H,5-7H2,1-4H3;7-11,13H,5-6H2,1-4H3;6-9H,3-5H2,1-2H3;2*3-4H,1-2H3. The zero-order valence-corrected chi connectivity index (χ0v) is 75.8. The molecule has 660 valence electrons. The zero-order chi connectivity index (χ0) is 86.0. The Labute approximate surface area is 696 Å². The van der Waals surface area contributed by atoms with Crippen molar-refractivity contribution in [3.63, 3.8) is 0 Å². The molecule has 16 aliphatic carbocycles. The molecule has 19 aliphatic rings. The molecule has 16 saturated carbocycles.